The molecule has 1 heterocycles. The van der Waals surface area contributed by atoms with E-state index in [9.17, 15) is 14.4 Å². The van der Waals surface area contributed by atoms with Crippen molar-refractivity contribution < 1.29 is 14.4 Å². The molecule has 0 unspecified atom stereocenters. The SMILES string of the molecule is CC(=O)c1ccc(NC2=CC(=O)C(=O)NC2=Nc2ccccc2)cc1. The van der Waals surface area contributed by atoms with Crippen molar-refractivity contribution in [3.05, 3.63) is 71.9 Å². The average Bonchev–Trinajstić information content (AvgIpc) is 2.60. The number of aliphatic imine (C=N–C) groups is 1. The molecule has 1 aliphatic heterocycles. The summed E-state index contributed by atoms with van der Waals surface area (Å²) in [5.74, 6) is -1.16. The molecule has 6 nitrogen and oxygen atoms in total. The number of nitrogens with zero attached hydrogens (tertiary/aromatic N) is 1. The summed E-state index contributed by atoms with van der Waals surface area (Å²) in [6, 6.07) is 15.9. The zero-order chi connectivity index (χ0) is 17.8. The first kappa shape index (κ1) is 16.3. The number of amides is 1. The number of carbonyl (C=O) groups excluding carboxylic acids is 3. The first-order valence-corrected chi connectivity index (χ1v) is 7.62. The maximum Gasteiger partial charge on any atom is 0.297 e. The van der Waals surface area contributed by atoms with E-state index >= 15 is 0 Å². The number of rotatable bonds is 4. The molecule has 1 amide bonds. The van der Waals surface area contributed by atoms with Crippen LogP contribution in [0, 0.1) is 0 Å². The lowest BCUT2D eigenvalue weighted by Gasteiger charge is -2.18. The van der Waals surface area contributed by atoms with E-state index in [2.05, 4.69) is 15.6 Å². The normalized spacial score (nSPS) is 15.6. The second kappa shape index (κ2) is 6.92. The Balaban J connectivity index is 1.91. The Morgan fingerprint density at radius 1 is 1.00 bits per heavy atom. The van der Waals surface area contributed by atoms with Crippen molar-refractivity contribution in [1.82, 2.24) is 5.32 Å². The highest BCUT2D eigenvalue weighted by Gasteiger charge is 2.24. The summed E-state index contributed by atoms with van der Waals surface area (Å²) in [5, 5.41) is 5.54. The largest absolute Gasteiger partial charge is 0.352 e. The van der Waals surface area contributed by atoms with Gasteiger partial charge in [-0.25, -0.2) is 4.99 Å². The molecular weight excluding hydrogens is 318 g/mol. The molecule has 0 saturated heterocycles. The first-order valence-electron chi connectivity index (χ1n) is 7.62. The van der Waals surface area contributed by atoms with Crippen LogP contribution in [-0.2, 0) is 9.59 Å². The molecule has 25 heavy (non-hydrogen) atoms. The smallest absolute Gasteiger partial charge is 0.297 e. The van der Waals surface area contributed by atoms with E-state index in [1.165, 1.54) is 13.0 Å². The Morgan fingerprint density at radius 3 is 2.32 bits per heavy atom. The Hall–Kier alpha value is -3.54. The summed E-state index contributed by atoms with van der Waals surface area (Å²) in [6.07, 6.45) is 1.21. The van der Waals surface area contributed by atoms with Crippen molar-refractivity contribution in [2.24, 2.45) is 4.99 Å². The van der Waals surface area contributed by atoms with Gasteiger partial charge in [-0.15, -0.1) is 0 Å². The van der Waals surface area contributed by atoms with Crippen LogP contribution in [0.15, 0.2) is 71.4 Å². The molecular formula is C19H15N3O3. The molecule has 0 atom stereocenters. The summed E-state index contributed by atoms with van der Waals surface area (Å²) in [6.45, 7) is 1.49. The van der Waals surface area contributed by atoms with E-state index in [4.69, 9.17) is 0 Å². The number of hydrogen-bond donors (Lipinski definition) is 2. The highest BCUT2D eigenvalue weighted by atomic mass is 16.2. The minimum atomic E-state index is -0.729. The fourth-order valence-electron chi connectivity index (χ4n) is 2.26. The van der Waals surface area contributed by atoms with Crippen LogP contribution in [0.4, 0.5) is 11.4 Å². The molecule has 0 saturated carbocycles. The third-order valence-corrected chi connectivity index (χ3v) is 3.55. The summed E-state index contributed by atoms with van der Waals surface area (Å²) < 4.78 is 0. The highest BCUT2D eigenvalue weighted by Crippen LogP contribution is 2.17. The molecule has 2 aromatic carbocycles. The highest BCUT2D eigenvalue weighted by molar-refractivity contribution is 6.47. The standard InChI is InChI=1S/C19H15N3O3/c1-12(23)13-7-9-15(10-8-13)20-16-11-17(24)19(25)22-18(16)21-14-5-3-2-4-6-14/h2-11,20H,1H3,(H,21,22,25). The lowest BCUT2D eigenvalue weighted by Crippen LogP contribution is -2.42. The average molecular weight is 333 g/mol. The fraction of sp³-hybridized carbons (Fsp3) is 0.0526. The molecule has 3 rings (SSSR count). The van der Waals surface area contributed by atoms with Crippen LogP contribution in [0.3, 0.4) is 0 Å². The van der Waals surface area contributed by atoms with Crippen LogP contribution < -0.4 is 10.6 Å². The number of Topliss-reactive ketones (excluding diaryl/α,β-unsaturated/α-hetero) is 1. The number of amidine groups is 1. The van der Waals surface area contributed by atoms with Gasteiger partial charge >= 0.3 is 0 Å². The molecule has 0 spiro atoms. The van der Waals surface area contributed by atoms with Gasteiger partial charge in [-0.2, -0.15) is 0 Å². The van der Waals surface area contributed by atoms with Crippen LogP contribution in [-0.4, -0.2) is 23.3 Å². The zero-order valence-corrected chi connectivity index (χ0v) is 13.4. The van der Waals surface area contributed by atoms with Gasteiger partial charge in [0.15, 0.2) is 11.6 Å². The van der Waals surface area contributed by atoms with Crippen molar-refractivity contribution in [2.45, 2.75) is 6.92 Å². The van der Waals surface area contributed by atoms with E-state index in [0.29, 0.717) is 22.6 Å². The first-order chi connectivity index (χ1) is 12.0. The second-order valence-electron chi connectivity index (χ2n) is 5.43. The van der Waals surface area contributed by atoms with Crippen molar-refractivity contribution in [3.8, 4) is 0 Å². The van der Waals surface area contributed by atoms with Crippen molar-refractivity contribution in [1.29, 1.82) is 0 Å². The number of anilines is 1. The third-order valence-electron chi connectivity index (χ3n) is 3.55. The monoisotopic (exact) mass is 333 g/mol. The van der Waals surface area contributed by atoms with E-state index < -0.39 is 11.7 Å². The second-order valence-corrected chi connectivity index (χ2v) is 5.43. The number of benzene rings is 2. The van der Waals surface area contributed by atoms with Gasteiger partial charge < -0.3 is 10.6 Å². The fourth-order valence-corrected chi connectivity index (χ4v) is 2.26. The summed E-state index contributed by atoms with van der Waals surface area (Å²) >= 11 is 0. The van der Waals surface area contributed by atoms with Crippen LogP contribution in [0.1, 0.15) is 17.3 Å². The summed E-state index contributed by atoms with van der Waals surface area (Å²) in [4.78, 5) is 39.1. The topological polar surface area (TPSA) is 87.6 Å². The quantitative estimate of drug-likeness (QED) is 0.665. The predicted molar refractivity (Wildman–Crippen MR) is 94.8 cm³/mol. The third kappa shape index (κ3) is 3.87. The van der Waals surface area contributed by atoms with Gasteiger partial charge in [0.2, 0.25) is 5.78 Å². The van der Waals surface area contributed by atoms with Gasteiger partial charge in [-0.05, 0) is 43.3 Å². The van der Waals surface area contributed by atoms with Gasteiger partial charge in [0.05, 0.1) is 11.4 Å². The van der Waals surface area contributed by atoms with Crippen LogP contribution in [0.2, 0.25) is 0 Å². The molecule has 124 valence electrons. The minimum Gasteiger partial charge on any atom is -0.352 e. The van der Waals surface area contributed by atoms with Crippen LogP contribution in [0.25, 0.3) is 0 Å². The number of ketones is 2. The Labute approximate surface area is 144 Å². The molecule has 0 aliphatic carbocycles. The maximum absolute atomic E-state index is 11.7. The Morgan fingerprint density at radius 2 is 1.68 bits per heavy atom. The van der Waals surface area contributed by atoms with Gasteiger partial charge in [0.25, 0.3) is 5.91 Å². The van der Waals surface area contributed by atoms with E-state index in [-0.39, 0.29) is 11.6 Å². The zero-order valence-electron chi connectivity index (χ0n) is 13.4. The van der Waals surface area contributed by atoms with E-state index in [0.717, 1.165) is 0 Å². The molecule has 2 aromatic rings. The number of para-hydroxylation sites is 1. The molecule has 0 radical (unpaired) electrons. The molecule has 2 N–H and O–H groups in total. The number of carbonyl (C=O) groups is 3. The maximum atomic E-state index is 11.7. The van der Waals surface area contributed by atoms with Crippen LogP contribution >= 0.6 is 0 Å². The molecule has 1 aliphatic rings. The van der Waals surface area contributed by atoms with Crippen LogP contribution in [0.5, 0.6) is 0 Å². The minimum absolute atomic E-state index is 0.0304. The number of nitrogens with one attached hydrogen (secondary N) is 2. The summed E-state index contributed by atoms with van der Waals surface area (Å²) in [7, 11) is 0. The molecule has 0 bridgehead atoms. The van der Waals surface area contributed by atoms with E-state index in [1.54, 1.807) is 36.4 Å². The molecule has 6 heteroatoms. The Bertz CT molecular complexity index is 897. The lowest BCUT2D eigenvalue weighted by atomic mass is 10.1. The summed E-state index contributed by atoms with van der Waals surface area (Å²) in [5.41, 5.74) is 2.28. The lowest BCUT2D eigenvalue weighted by molar-refractivity contribution is -0.134. The van der Waals surface area contributed by atoms with Gasteiger partial charge in [0, 0.05) is 17.3 Å². The Kier molecular flexibility index (Phi) is 4.52. The van der Waals surface area contributed by atoms with E-state index in [1.807, 2.05) is 18.2 Å². The van der Waals surface area contributed by atoms with Crippen molar-refractivity contribution in [3.63, 3.8) is 0 Å². The van der Waals surface area contributed by atoms with Crippen molar-refractivity contribution in [2.75, 3.05) is 5.32 Å². The molecule has 0 aromatic heterocycles. The predicted octanol–water partition coefficient (Wildman–Crippen LogP) is 2.61. The number of hydrogen-bond acceptors (Lipinski definition) is 5. The van der Waals surface area contributed by atoms with Crippen molar-refractivity contribution >= 4 is 34.7 Å². The van der Waals surface area contributed by atoms with Gasteiger partial charge in [-0.3, -0.25) is 14.4 Å². The molecule has 0 fully saturated rings. The van der Waals surface area contributed by atoms with Gasteiger partial charge in [-0.1, -0.05) is 18.2 Å². The van der Waals surface area contributed by atoms with Gasteiger partial charge in [0.1, 0.15) is 0 Å².